The zero-order valence-electron chi connectivity index (χ0n) is 18.6. The fourth-order valence-corrected chi connectivity index (χ4v) is 4.91. The number of carbonyl (C=O) groups is 1. The highest BCUT2D eigenvalue weighted by Gasteiger charge is 2.20. The summed E-state index contributed by atoms with van der Waals surface area (Å²) in [5, 5.41) is 6.06. The standard InChI is InChI=1S/C27H24N2O4S/c1-33-23-9-7-8-22(18-23)29-27(30)21-16-14-20(15-17-21)19-28-25-12-5-6-13-26(25)34(31,32)24-10-3-2-4-11-24/h2-18,28H,19H2,1H3,(H,29,30). The van der Waals surface area contributed by atoms with Crippen LogP contribution in [0, 0.1) is 0 Å². The highest BCUT2D eigenvalue weighted by Crippen LogP contribution is 2.28. The van der Waals surface area contributed by atoms with Crippen LogP contribution in [0.2, 0.25) is 0 Å². The number of sulfone groups is 1. The van der Waals surface area contributed by atoms with Crippen LogP contribution in [0.4, 0.5) is 11.4 Å². The van der Waals surface area contributed by atoms with Crippen molar-refractivity contribution in [2.24, 2.45) is 0 Å². The van der Waals surface area contributed by atoms with Crippen molar-refractivity contribution in [1.82, 2.24) is 0 Å². The molecule has 0 aliphatic carbocycles. The Bertz CT molecular complexity index is 1390. The minimum atomic E-state index is -3.65. The first-order valence-electron chi connectivity index (χ1n) is 10.6. The fourth-order valence-electron chi connectivity index (χ4n) is 3.45. The van der Waals surface area contributed by atoms with Gasteiger partial charge in [-0.1, -0.05) is 48.5 Å². The van der Waals surface area contributed by atoms with Crippen LogP contribution >= 0.6 is 0 Å². The molecule has 0 spiro atoms. The number of nitrogens with one attached hydrogen (secondary N) is 2. The van der Waals surface area contributed by atoms with E-state index in [2.05, 4.69) is 10.6 Å². The molecule has 0 bridgehead atoms. The van der Waals surface area contributed by atoms with Crippen LogP contribution in [0.25, 0.3) is 0 Å². The predicted octanol–water partition coefficient (Wildman–Crippen LogP) is 5.39. The molecular weight excluding hydrogens is 448 g/mol. The van der Waals surface area contributed by atoms with E-state index in [0.717, 1.165) is 5.56 Å². The number of amides is 1. The highest BCUT2D eigenvalue weighted by molar-refractivity contribution is 7.91. The van der Waals surface area contributed by atoms with E-state index in [4.69, 9.17) is 4.74 Å². The molecule has 0 aromatic heterocycles. The van der Waals surface area contributed by atoms with Gasteiger partial charge in [0.2, 0.25) is 9.84 Å². The maximum Gasteiger partial charge on any atom is 0.255 e. The van der Waals surface area contributed by atoms with E-state index in [1.165, 1.54) is 0 Å². The topological polar surface area (TPSA) is 84.5 Å². The first kappa shape index (κ1) is 23.1. The second kappa shape index (κ2) is 10.2. The summed E-state index contributed by atoms with van der Waals surface area (Å²) >= 11 is 0. The molecular formula is C27H24N2O4S. The zero-order chi connectivity index (χ0) is 24.0. The Morgan fingerprint density at radius 2 is 1.53 bits per heavy atom. The van der Waals surface area contributed by atoms with E-state index < -0.39 is 9.84 Å². The number of benzene rings is 4. The van der Waals surface area contributed by atoms with E-state index in [-0.39, 0.29) is 15.7 Å². The third-order valence-electron chi connectivity index (χ3n) is 5.26. The zero-order valence-corrected chi connectivity index (χ0v) is 19.4. The minimum absolute atomic E-state index is 0.218. The molecule has 0 heterocycles. The summed E-state index contributed by atoms with van der Waals surface area (Å²) in [5.74, 6) is 0.431. The molecule has 0 fully saturated rings. The number of methoxy groups -OCH3 is 1. The summed E-state index contributed by atoms with van der Waals surface area (Å²) in [4.78, 5) is 13.0. The van der Waals surface area contributed by atoms with Crippen LogP contribution in [0.5, 0.6) is 5.75 Å². The fraction of sp³-hybridized carbons (Fsp3) is 0.0741. The normalized spacial score (nSPS) is 11.0. The van der Waals surface area contributed by atoms with Crippen molar-refractivity contribution in [1.29, 1.82) is 0 Å². The lowest BCUT2D eigenvalue weighted by molar-refractivity contribution is 0.102. The molecule has 172 valence electrons. The van der Waals surface area contributed by atoms with Gasteiger partial charge in [-0.15, -0.1) is 0 Å². The van der Waals surface area contributed by atoms with Crippen LogP contribution in [0.3, 0.4) is 0 Å². The van der Waals surface area contributed by atoms with Gasteiger partial charge < -0.3 is 15.4 Å². The SMILES string of the molecule is COc1cccc(NC(=O)c2ccc(CNc3ccccc3S(=O)(=O)c3ccccc3)cc2)c1. The van der Waals surface area contributed by atoms with Crippen molar-refractivity contribution < 1.29 is 17.9 Å². The number of carbonyl (C=O) groups excluding carboxylic acids is 1. The highest BCUT2D eigenvalue weighted by atomic mass is 32.2. The largest absolute Gasteiger partial charge is 0.497 e. The maximum absolute atomic E-state index is 13.1. The molecule has 0 unspecified atom stereocenters. The van der Waals surface area contributed by atoms with Crippen molar-refractivity contribution >= 4 is 27.1 Å². The smallest absolute Gasteiger partial charge is 0.255 e. The van der Waals surface area contributed by atoms with Gasteiger partial charge >= 0.3 is 0 Å². The Morgan fingerprint density at radius 1 is 0.824 bits per heavy atom. The number of hydrogen-bond acceptors (Lipinski definition) is 5. The Morgan fingerprint density at radius 3 is 2.26 bits per heavy atom. The lowest BCUT2D eigenvalue weighted by Gasteiger charge is -2.13. The van der Waals surface area contributed by atoms with Crippen molar-refractivity contribution in [3.63, 3.8) is 0 Å². The Balaban J connectivity index is 1.45. The number of rotatable bonds is 8. The van der Waals surface area contributed by atoms with Gasteiger partial charge in [0.05, 0.1) is 22.6 Å². The summed E-state index contributed by atoms with van der Waals surface area (Å²) in [6.45, 7) is 0.402. The first-order chi connectivity index (χ1) is 16.5. The molecule has 6 nitrogen and oxygen atoms in total. The summed E-state index contributed by atoms with van der Waals surface area (Å²) in [6, 6.07) is 29.5. The van der Waals surface area contributed by atoms with Crippen LogP contribution in [0.1, 0.15) is 15.9 Å². The lowest BCUT2D eigenvalue weighted by atomic mass is 10.1. The second-order valence-electron chi connectivity index (χ2n) is 7.55. The second-order valence-corrected chi connectivity index (χ2v) is 9.47. The predicted molar refractivity (Wildman–Crippen MR) is 133 cm³/mol. The molecule has 0 saturated carbocycles. The molecule has 0 atom stereocenters. The van der Waals surface area contributed by atoms with E-state index in [1.54, 1.807) is 98.1 Å². The average molecular weight is 473 g/mol. The third kappa shape index (κ3) is 5.27. The Kier molecular flexibility index (Phi) is 6.94. The quantitative estimate of drug-likeness (QED) is 0.359. The van der Waals surface area contributed by atoms with Gasteiger partial charge in [0, 0.05) is 23.9 Å². The molecule has 0 saturated heterocycles. The summed E-state index contributed by atoms with van der Waals surface area (Å²) in [5.41, 5.74) is 2.58. The molecule has 34 heavy (non-hydrogen) atoms. The van der Waals surface area contributed by atoms with Crippen molar-refractivity contribution in [2.45, 2.75) is 16.3 Å². The molecule has 1 amide bonds. The van der Waals surface area contributed by atoms with Crippen LogP contribution in [0.15, 0.2) is 113 Å². The molecule has 2 N–H and O–H groups in total. The number of ether oxygens (including phenoxy) is 1. The van der Waals surface area contributed by atoms with Crippen LogP contribution in [-0.2, 0) is 16.4 Å². The summed E-state index contributed by atoms with van der Waals surface area (Å²) in [6.07, 6.45) is 0. The average Bonchev–Trinajstić information content (AvgIpc) is 2.88. The van der Waals surface area contributed by atoms with Gasteiger partial charge in [-0.2, -0.15) is 0 Å². The van der Waals surface area contributed by atoms with E-state index in [0.29, 0.717) is 29.2 Å². The van der Waals surface area contributed by atoms with Crippen molar-refractivity contribution in [3.8, 4) is 5.75 Å². The number of hydrogen-bond donors (Lipinski definition) is 2. The van der Waals surface area contributed by atoms with E-state index in [1.807, 2.05) is 12.1 Å². The molecule has 0 aliphatic rings. The third-order valence-corrected chi connectivity index (χ3v) is 7.08. The summed E-state index contributed by atoms with van der Waals surface area (Å²) in [7, 11) is -2.08. The van der Waals surface area contributed by atoms with Crippen LogP contribution < -0.4 is 15.4 Å². The Hall–Kier alpha value is -4.10. The van der Waals surface area contributed by atoms with Crippen molar-refractivity contribution in [2.75, 3.05) is 17.7 Å². The first-order valence-corrected chi connectivity index (χ1v) is 12.1. The van der Waals surface area contributed by atoms with Crippen molar-refractivity contribution in [3.05, 3.63) is 114 Å². The summed E-state index contributed by atoms with van der Waals surface area (Å²) < 4.78 is 31.3. The van der Waals surface area contributed by atoms with Gasteiger partial charge in [-0.05, 0) is 54.1 Å². The maximum atomic E-state index is 13.1. The lowest BCUT2D eigenvalue weighted by Crippen LogP contribution is -2.12. The van der Waals surface area contributed by atoms with Gasteiger partial charge in [0.1, 0.15) is 5.75 Å². The number of para-hydroxylation sites is 1. The van der Waals surface area contributed by atoms with Gasteiger partial charge in [0.15, 0.2) is 0 Å². The molecule has 4 aromatic carbocycles. The molecule has 0 radical (unpaired) electrons. The number of anilines is 2. The monoisotopic (exact) mass is 472 g/mol. The minimum Gasteiger partial charge on any atom is -0.497 e. The molecule has 4 aromatic rings. The molecule has 4 rings (SSSR count). The van der Waals surface area contributed by atoms with Gasteiger partial charge in [-0.25, -0.2) is 8.42 Å². The van der Waals surface area contributed by atoms with E-state index in [9.17, 15) is 13.2 Å². The molecule has 7 heteroatoms. The molecule has 0 aliphatic heterocycles. The van der Waals surface area contributed by atoms with Gasteiger partial charge in [0.25, 0.3) is 5.91 Å². The van der Waals surface area contributed by atoms with Gasteiger partial charge in [-0.3, -0.25) is 4.79 Å². The van der Waals surface area contributed by atoms with E-state index >= 15 is 0 Å². The Labute approximate surface area is 199 Å². The van der Waals surface area contributed by atoms with Crippen LogP contribution in [-0.4, -0.2) is 21.4 Å².